The fourth-order valence-corrected chi connectivity index (χ4v) is 5.92. The molecule has 0 radical (unpaired) electrons. The van der Waals surface area contributed by atoms with Gasteiger partial charge in [0.05, 0.1) is 17.6 Å². The Morgan fingerprint density at radius 1 is 1.17 bits per heavy atom. The van der Waals surface area contributed by atoms with E-state index in [1.54, 1.807) is 7.11 Å². The molecule has 1 aromatic heterocycles. The van der Waals surface area contributed by atoms with Crippen LogP contribution in [0.25, 0.3) is 0 Å². The molecule has 0 aliphatic carbocycles. The van der Waals surface area contributed by atoms with Gasteiger partial charge in [-0.05, 0) is 39.2 Å². The smallest absolute Gasteiger partial charge is 0.257 e. The number of fused-ring (bicyclic) bond motifs is 1. The number of ether oxygens (including phenoxy) is 1. The number of hydrogen-bond acceptors (Lipinski definition) is 5. The lowest BCUT2D eigenvalue weighted by Crippen LogP contribution is -2.53. The predicted molar refractivity (Wildman–Crippen MR) is 109 cm³/mol. The molecule has 0 unspecified atom stereocenters. The lowest BCUT2D eigenvalue weighted by Gasteiger charge is -2.47. The average Bonchev–Trinajstić information content (AvgIpc) is 3.30. The van der Waals surface area contributed by atoms with E-state index < -0.39 is 0 Å². The monoisotopic (exact) mass is 403 g/mol. The Morgan fingerprint density at radius 3 is 2.45 bits per heavy atom. The molecule has 0 bridgehead atoms. The highest BCUT2D eigenvalue weighted by Crippen LogP contribution is 2.57. The number of amides is 2. The van der Waals surface area contributed by atoms with Crippen molar-refractivity contribution in [1.29, 1.82) is 0 Å². The van der Waals surface area contributed by atoms with Crippen LogP contribution in [0.5, 0.6) is 0 Å². The number of carbonyl (C=O) groups excluding carboxylic acids is 2. The minimum atomic E-state index is -0.313. The maximum atomic E-state index is 13.3. The molecule has 29 heavy (non-hydrogen) atoms. The number of methoxy groups -OCH3 is 1. The Balaban J connectivity index is 1.53. The number of aryl methyl sites for hydroxylation is 2. The van der Waals surface area contributed by atoms with Gasteiger partial charge in [0.15, 0.2) is 0 Å². The molecular formula is C22H33N3O4. The SMILES string of the molecule is COCCN1CC2(CCN(C(=O)c3cc(C)oc3C)CC2)[C@]2(CCN(C)C2=O)C1. The normalized spacial score (nSPS) is 27.0. The van der Waals surface area contributed by atoms with Crippen molar-refractivity contribution in [3.05, 3.63) is 23.2 Å². The van der Waals surface area contributed by atoms with Crippen molar-refractivity contribution in [2.24, 2.45) is 10.8 Å². The number of furan rings is 1. The van der Waals surface area contributed by atoms with E-state index in [2.05, 4.69) is 4.90 Å². The minimum absolute atomic E-state index is 0.0485. The van der Waals surface area contributed by atoms with Crippen LogP contribution in [-0.2, 0) is 9.53 Å². The second-order valence-corrected chi connectivity index (χ2v) is 9.16. The van der Waals surface area contributed by atoms with Crippen molar-refractivity contribution >= 4 is 11.8 Å². The third-order valence-electron chi connectivity index (χ3n) is 7.56. The van der Waals surface area contributed by atoms with Gasteiger partial charge in [-0.3, -0.25) is 14.5 Å². The van der Waals surface area contributed by atoms with Crippen molar-refractivity contribution in [2.75, 3.05) is 60.0 Å². The summed E-state index contributed by atoms with van der Waals surface area (Å²) < 4.78 is 10.8. The second-order valence-electron chi connectivity index (χ2n) is 9.16. The van der Waals surface area contributed by atoms with E-state index in [4.69, 9.17) is 9.15 Å². The van der Waals surface area contributed by atoms with E-state index in [1.807, 2.05) is 36.8 Å². The lowest BCUT2D eigenvalue weighted by atomic mass is 9.60. The van der Waals surface area contributed by atoms with Crippen LogP contribution in [0.3, 0.4) is 0 Å². The maximum Gasteiger partial charge on any atom is 0.257 e. The van der Waals surface area contributed by atoms with Gasteiger partial charge in [-0.15, -0.1) is 0 Å². The highest BCUT2D eigenvalue weighted by atomic mass is 16.5. The number of nitrogens with zero attached hydrogens (tertiary/aromatic N) is 3. The Labute approximate surface area is 172 Å². The first-order chi connectivity index (χ1) is 13.8. The predicted octanol–water partition coefficient (Wildman–Crippen LogP) is 1.93. The largest absolute Gasteiger partial charge is 0.466 e. The summed E-state index contributed by atoms with van der Waals surface area (Å²) >= 11 is 0. The molecular weight excluding hydrogens is 370 g/mol. The second kappa shape index (κ2) is 7.43. The third-order valence-corrected chi connectivity index (χ3v) is 7.56. The Morgan fingerprint density at radius 2 is 1.90 bits per heavy atom. The Kier molecular flexibility index (Phi) is 5.23. The number of rotatable bonds is 4. The van der Waals surface area contributed by atoms with E-state index in [0.29, 0.717) is 36.9 Å². The highest BCUT2D eigenvalue weighted by Gasteiger charge is 2.64. The van der Waals surface area contributed by atoms with Gasteiger partial charge < -0.3 is 19.0 Å². The van der Waals surface area contributed by atoms with Crippen LogP contribution in [0.15, 0.2) is 10.5 Å². The molecule has 3 fully saturated rings. The van der Waals surface area contributed by atoms with Gasteiger partial charge in [0, 0.05) is 58.8 Å². The van der Waals surface area contributed by atoms with E-state index in [0.717, 1.165) is 51.2 Å². The zero-order valence-electron chi connectivity index (χ0n) is 18.1. The summed E-state index contributed by atoms with van der Waals surface area (Å²) in [6.07, 6.45) is 2.66. The van der Waals surface area contributed by atoms with Crippen LogP contribution in [0.1, 0.15) is 41.1 Å². The van der Waals surface area contributed by atoms with Gasteiger partial charge in [0.25, 0.3) is 5.91 Å². The minimum Gasteiger partial charge on any atom is -0.466 e. The van der Waals surface area contributed by atoms with E-state index in [-0.39, 0.29) is 16.7 Å². The molecule has 7 nitrogen and oxygen atoms in total. The van der Waals surface area contributed by atoms with Gasteiger partial charge in [-0.2, -0.15) is 0 Å². The summed E-state index contributed by atoms with van der Waals surface area (Å²) in [7, 11) is 3.64. The van der Waals surface area contributed by atoms with Crippen LogP contribution in [0, 0.1) is 24.7 Å². The molecule has 3 saturated heterocycles. The molecule has 2 amide bonds. The van der Waals surface area contributed by atoms with E-state index in [1.165, 1.54) is 0 Å². The molecule has 160 valence electrons. The molecule has 7 heteroatoms. The molecule has 4 heterocycles. The number of carbonyl (C=O) groups is 2. The van der Waals surface area contributed by atoms with Crippen molar-refractivity contribution in [1.82, 2.24) is 14.7 Å². The summed E-state index contributed by atoms with van der Waals surface area (Å²) in [5.41, 5.74) is 0.297. The summed E-state index contributed by atoms with van der Waals surface area (Å²) in [6.45, 7) is 9.20. The highest BCUT2D eigenvalue weighted by molar-refractivity contribution is 5.95. The fraction of sp³-hybridized carbons (Fsp3) is 0.727. The summed E-state index contributed by atoms with van der Waals surface area (Å²) in [4.78, 5) is 32.6. The molecule has 1 aromatic rings. The first-order valence-corrected chi connectivity index (χ1v) is 10.7. The molecule has 0 aromatic carbocycles. The van der Waals surface area contributed by atoms with Gasteiger partial charge in [-0.1, -0.05) is 0 Å². The number of hydrogen-bond donors (Lipinski definition) is 0. The number of piperidine rings is 1. The van der Waals surface area contributed by atoms with Crippen LogP contribution in [0.2, 0.25) is 0 Å². The van der Waals surface area contributed by atoms with Crippen LogP contribution in [-0.4, -0.2) is 86.5 Å². The molecule has 1 atom stereocenters. The number of likely N-dealkylation sites (tertiary alicyclic amines) is 3. The Hall–Kier alpha value is -1.86. The van der Waals surface area contributed by atoms with Crippen LogP contribution >= 0.6 is 0 Å². The standard InChI is InChI=1S/C22H33N3O4/c1-16-13-18(17(2)29-16)19(26)25-9-5-21(6-10-25)14-24(11-12-28-4)15-22(21)7-8-23(3)20(22)27/h13H,5-12,14-15H2,1-4H3/t22-/m1/s1. The van der Waals surface area contributed by atoms with E-state index in [9.17, 15) is 9.59 Å². The molecule has 0 N–H and O–H groups in total. The summed E-state index contributed by atoms with van der Waals surface area (Å²) in [5, 5.41) is 0. The molecule has 3 aliphatic heterocycles. The molecule has 0 saturated carbocycles. The first-order valence-electron chi connectivity index (χ1n) is 10.7. The quantitative estimate of drug-likeness (QED) is 0.769. The molecule has 2 spiro atoms. The zero-order valence-corrected chi connectivity index (χ0v) is 18.1. The van der Waals surface area contributed by atoms with Crippen molar-refractivity contribution in [3.63, 3.8) is 0 Å². The summed E-state index contributed by atoms with van der Waals surface area (Å²) in [6, 6.07) is 1.83. The molecule has 3 aliphatic rings. The van der Waals surface area contributed by atoms with Crippen molar-refractivity contribution in [3.8, 4) is 0 Å². The average molecular weight is 404 g/mol. The first kappa shape index (κ1) is 20.4. The van der Waals surface area contributed by atoms with Gasteiger partial charge in [0.2, 0.25) is 5.91 Å². The van der Waals surface area contributed by atoms with E-state index >= 15 is 0 Å². The van der Waals surface area contributed by atoms with Gasteiger partial charge in [0.1, 0.15) is 11.5 Å². The summed E-state index contributed by atoms with van der Waals surface area (Å²) in [5.74, 6) is 1.79. The van der Waals surface area contributed by atoms with Gasteiger partial charge >= 0.3 is 0 Å². The van der Waals surface area contributed by atoms with Crippen molar-refractivity contribution in [2.45, 2.75) is 33.1 Å². The third kappa shape index (κ3) is 3.19. The van der Waals surface area contributed by atoms with Crippen LogP contribution in [0.4, 0.5) is 0 Å². The van der Waals surface area contributed by atoms with Crippen molar-refractivity contribution < 1.29 is 18.7 Å². The zero-order chi connectivity index (χ0) is 20.8. The topological polar surface area (TPSA) is 66.2 Å². The molecule has 4 rings (SSSR count). The van der Waals surface area contributed by atoms with Gasteiger partial charge in [-0.25, -0.2) is 0 Å². The fourth-order valence-electron chi connectivity index (χ4n) is 5.92. The Bertz CT molecular complexity index is 796. The maximum absolute atomic E-state index is 13.3. The van der Waals surface area contributed by atoms with Crippen LogP contribution < -0.4 is 0 Å². The lowest BCUT2D eigenvalue weighted by molar-refractivity contribution is -0.141.